The molecular formula is C13H16ClNO5S. The van der Waals surface area contributed by atoms with Gasteiger partial charge in [0.05, 0.1) is 15.5 Å². The van der Waals surface area contributed by atoms with Gasteiger partial charge in [0.1, 0.15) is 5.75 Å². The van der Waals surface area contributed by atoms with Crippen molar-refractivity contribution in [1.82, 2.24) is 5.32 Å². The Morgan fingerprint density at radius 3 is 2.48 bits per heavy atom. The van der Waals surface area contributed by atoms with Gasteiger partial charge in [0.2, 0.25) is 5.91 Å². The molecule has 2 N–H and O–H groups in total. The Balaban J connectivity index is 3.00. The first-order valence-corrected chi connectivity index (χ1v) is 8.19. The van der Waals surface area contributed by atoms with Gasteiger partial charge in [-0.15, -0.1) is 0 Å². The fourth-order valence-corrected chi connectivity index (χ4v) is 3.24. The number of nitrogens with one attached hydrogen (secondary N) is 1. The highest BCUT2D eigenvalue weighted by molar-refractivity contribution is 7.92. The van der Waals surface area contributed by atoms with Gasteiger partial charge in [-0.3, -0.25) is 4.79 Å². The van der Waals surface area contributed by atoms with E-state index in [2.05, 4.69) is 5.32 Å². The van der Waals surface area contributed by atoms with Crippen LogP contribution in [-0.4, -0.2) is 37.7 Å². The van der Waals surface area contributed by atoms with Gasteiger partial charge in [0, 0.05) is 6.54 Å². The molecule has 0 atom stereocenters. The topological polar surface area (TPSA) is 101 Å². The van der Waals surface area contributed by atoms with Crippen molar-refractivity contribution in [1.29, 1.82) is 0 Å². The van der Waals surface area contributed by atoms with E-state index in [1.54, 1.807) is 0 Å². The van der Waals surface area contributed by atoms with Crippen LogP contribution >= 0.6 is 11.6 Å². The lowest BCUT2D eigenvalue weighted by Gasteiger charge is -2.09. The van der Waals surface area contributed by atoms with Crippen LogP contribution in [0.5, 0.6) is 0 Å². The highest BCUT2D eigenvalue weighted by Crippen LogP contribution is 2.23. The first-order chi connectivity index (χ1) is 9.63. The van der Waals surface area contributed by atoms with E-state index in [-0.39, 0.29) is 21.4 Å². The third-order valence-electron chi connectivity index (χ3n) is 2.54. The first-order valence-electron chi connectivity index (χ1n) is 6.16. The van der Waals surface area contributed by atoms with Crippen molar-refractivity contribution in [3.63, 3.8) is 0 Å². The Labute approximate surface area is 128 Å². The molecule has 0 bridgehead atoms. The summed E-state index contributed by atoms with van der Waals surface area (Å²) in [4.78, 5) is 22.1. The number of carboxylic acids is 1. The molecule has 0 aliphatic rings. The lowest BCUT2D eigenvalue weighted by Crippen LogP contribution is -2.33. The van der Waals surface area contributed by atoms with E-state index in [1.807, 2.05) is 13.8 Å². The van der Waals surface area contributed by atoms with Crippen LogP contribution in [0, 0.1) is 5.92 Å². The molecule has 0 radical (unpaired) electrons. The first kappa shape index (κ1) is 17.5. The molecule has 0 unspecified atom stereocenters. The largest absolute Gasteiger partial charge is 0.478 e. The van der Waals surface area contributed by atoms with Crippen LogP contribution in [0.15, 0.2) is 23.1 Å². The minimum Gasteiger partial charge on any atom is -0.478 e. The van der Waals surface area contributed by atoms with Crippen molar-refractivity contribution in [3.8, 4) is 0 Å². The van der Waals surface area contributed by atoms with Gasteiger partial charge in [-0.05, 0) is 24.1 Å². The lowest BCUT2D eigenvalue weighted by atomic mass is 10.2. The average Bonchev–Trinajstić information content (AvgIpc) is 2.35. The molecule has 0 aliphatic carbocycles. The van der Waals surface area contributed by atoms with E-state index < -0.39 is 27.5 Å². The molecule has 0 aromatic heterocycles. The van der Waals surface area contributed by atoms with Gasteiger partial charge in [-0.25, -0.2) is 13.2 Å². The summed E-state index contributed by atoms with van der Waals surface area (Å²) in [7, 11) is -4.00. The number of carbonyl (C=O) groups excluding carboxylic acids is 1. The van der Waals surface area contributed by atoms with Gasteiger partial charge in [0.15, 0.2) is 9.84 Å². The monoisotopic (exact) mass is 333 g/mol. The lowest BCUT2D eigenvalue weighted by molar-refractivity contribution is -0.118. The van der Waals surface area contributed by atoms with E-state index in [0.717, 1.165) is 6.07 Å². The quantitative estimate of drug-likeness (QED) is 0.823. The molecule has 0 saturated carbocycles. The van der Waals surface area contributed by atoms with Gasteiger partial charge in [-0.2, -0.15) is 0 Å². The Kier molecular flexibility index (Phi) is 5.74. The highest BCUT2D eigenvalue weighted by Gasteiger charge is 2.23. The Bertz CT molecular complexity index is 655. The third kappa shape index (κ3) is 5.02. The van der Waals surface area contributed by atoms with E-state index in [9.17, 15) is 18.0 Å². The SMILES string of the molecule is CC(C)CNC(=O)CS(=O)(=O)c1cc(C(=O)O)ccc1Cl. The molecule has 21 heavy (non-hydrogen) atoms. The zero-order chi connectivity index (χ0) is 16.2. The van der Waals surface area contributed by atoms with Gasteiger partial charge in [-0.1, -0.05) is 25.4 Å². The fraction of sp³-hybridized carbons (Fsp3) is 0.385. The second-order valence-electron chi connectivity index (χ2n) is 4.91. The number of rotatable bonds is 6. The molecule has 116 valence electrons. The predicted octanol–water partition coefficient (Wildman–Crippen LogP) is 1.58. The molecule has 0 aliphatic heterocycles. The van der Waals surface area contributed by atoms with Crippen LogP contribution in [-0.2, 0) is 14.6 Å². The summed E-state index contributed by atoms with van der Waals surface area (Å²) in [6.07, 6.45) is 0. The molecule has 6 nitrogen and oxygen atoms in total. The van der Waals surface area contributed by atoms with Gasteiger partial charge < -0.3 is 10.4 Å². The summed E-state index contributed by atoms with van der Waals surface area (Å²) >= 11 is 5.79. The maximum absolute atomic E-state index is 12.1. The summed E-state index contributed by atoms with van der Waals surface area (Å²) in [5.41, 5.74) is -0.208. The second kappa shape index (κ2) is 6.91. The summed E-state index contributed by atoms with van der Waals surface area (Å²) in [6, 6.07) is 3.34. The van der Waals surface area contributed by atoms with Crippen LogP contribution in [0.2, 0.25) is 5.02 Å². The second-order valence-corrected chi connectivity index (χ2v) is 7.27. The average molecular weight is 334 g/mol. The number of hydrogen-bond donors (Lipinski definition) is 2. The summed E-state index contributed by atoms with van der Waals surface area (Å²) in [5.74, 6) is -2.51. The van der Waals surface area contributed by atoms with Crippen LogP contribution in [0.3, 0.4) is 0 Å². The molecule has 1 rings (SSSR count). The van der Waals surface area contributed by atoms with E-state index >= 15 is 0 Å². The maximum Gasteiger partial charge on any atom is 0.335 e. The van der Waals surface area contributed by atoms with Crippen molar-refractivity contribution >= 4 is 33.3 Å². The molecule has 8 heteroatoms. The summed E-state index contributed by atoms with van der Waals surface area (Å²) in [5, 5.41) is 11.2. The van der Waals surface area contributed by atoms with Crippen molar-refractivity contribution in [2.24, 2.45) is 5.92 Å². The minimum atomic E-state index is -4.00. The third-order valence-corrected chi connectivity index (χ3v) is 4.63. The van der Waals surface area contributed by atoms with Gasteiger partial charge in [0.25, 0.3) is 0 Å². The summed E-state index contributed by atoms with van der Waals surface area (Å²) in [6.45, 7) is 4.11. The Hall–Kier alpha value is -1.60. The Morgan fingerprint density at radius 2 is 1.95 bits per heavy atom. The number of hydrogen-bond acceptors (Lipinski definition) is 4. The molecule has 0 saturated heterocycles. The fourth-order valence-electron chi connectivity index (χ4n) is 1.49. The number of carbonyl (C=O) groups is 2. The zero-order valence-corrected chi connectivity index (χ0v) is 13.2. The van der Waals surface area contributed by atoms with Crippen molar-refractivity contribution in [3.05, 3.63) is 28.8 Å². The number of carboxylic acid groups (broad SMARTS) is 1. The standard InChI is InChI=1S/C13H16ClNO5S/c1-8(2)6-15-12(16)7-21(19,20)11-5-9(13(17)18)3-4-10(11)14/h3-5,8H,6-7H2,1-2H3,(H,15,16)(H,17,18). The molecule has 1 amide bonds. The van der Waals surface area contributed by atoms with E-state index in [1.165, 1.54) is 12.1 Å². The smallest absolute Gasteiger partial charge is 0.335 e. The number of amides is 1. The van der Waals surface area contributed by atoms with Crippen molar-refractivity contribution in [2.75, 3.05) is 12.3 Å². The molecule has 1 aromatic carbocycles. The van der Waals surface area contributed by atoms with Gasteiger partial charge >= 0.3 is 5.97 Å². The van der Waals surface area contributed by atoms with Crippen LogP contribution in [0.25, 0.3) is 0 Å². The number of sulfone groups is 1. The van der Waals surface area contributed by atoms with E-state index in [4.69, 9.17) is 16.7 Å². The van der Waals surface area contributed by atoms with Crippen molar-refractivity contribution in [2.45, 2.75) is 18.7 Å². The summed E-state index contributed by atoms with van der Waals surface area (Å²) < 4.78 is 24.3. The van der Waals surface area contributed by atoms with Crippen LogP contribution in [0.1, 0.15) is 24.2 Å². The maximum atomic E-state index is 12.1. The van der Waals surface area contributed by atoms with E-state index in [0.29, 0.717) is 6.54 Å². The van der Waals surface area contributed by atoms with Crippen LogP contribution < -0.4 is 5.32 Å². The molecule has 0 spiro atoms. The molecule has 0 fully saturated rings. The number of halogens is 1. The van der Waals surface area contributed by atoms with Crippen LogP contribution in [0.4, 0.5) is 0 Å². The highest BCUT2D eigenvalue weighted by atomic mass is 35.5. The number of benzene rings is 1. The minimum absolute atomic E-state index is 0.114. The number of aromatic carboxylic acids is 1. The molecular weight excluding hydrogens is 318 g/mol. The molecule has 0 heterocycles. The molecule has 1 aromatic rings. The Morgan fingerprint density at radius 1 is 1.33 bits per heavy atom. The zero-order valence-electron chi connectivity index (χ0n) is 11.6. The predicted molar refractivity (Wildman–Crippen MR) is 78.3 cm³/mol. The normalized spacial score (nSPS) is 11.4. The van der Waals surface area contributed by atoms with Crippen molar-refractivity contribution < 1.29 is 23.1 Å².